The molecule has 3 nitrogen and oxygen atoms in total. The average molecular weight is 385 g/mol. The summed E-state index contributed by atoms with van der Waals surface area (Å²) in [5, 5.41) is 4.31. The van der Waals surface area contributed by atoms with E-state index in [1.165, 1.54) is 0 Å². The summed E-state index contributed by atoms with van der Waals surface area (Å²) in [5.74, 6) is 0.0566. The molecule has 1 atom stereocenters. The van der Waals surface area contributed by atoms with E-state index in [0.29, 0.717) is 6.42 Å². The van der Waals surface area contributed by atoms with E-state index in [1.54, 1.807) is 0 Å². The molecule has 1 heterocycles. The summed E-state index contributed by atoms with van der Waals surface area (Å²) in [4.78, 5) is 12.5. The number of aryl methyl sites for hydroxylation is 1. The lowest BCUT2D eigenvalue weighted by atomic mass is 10.0. The zero-order chi connectivity index (χ0) is 17.1. The predicted octanol–water partition coefficient (Wildman–Crippen LogP) is 4.75. The maximum atomic E-state index is 12.5. The fourth-order valence-electron chi connectivity index (χ4n) is 3.10. The third-order valence-corrected chi connectivity index (χ3v) is 4.87. The molecule has 4 heteroatoms. The van der Waals surface area contributed by atoms with Crippen molar-refractivity contribution in [3.8, 4) is 0 Å². The van der Waals surface area contributed by atoms with E-state index in [0.717, 1.165) is 32.9 Å². The van der Waals surface area contributed by atoms with Gasteiger partial charge in [-0.25, -0.2) is 0 Å². The van der Waals surface area contributed by atoms with Gasteiger partial charge >= 0.3 is 0 Å². The lowest BCUT2D eigenvalue weighted by Crippen LogP contribution is -2.29. The molecule has 0 radical (unpaired) electrons. The van der Waals surface area contributed by atoms with Gasteiger partial charge in [-0.3, -0.25) is 4.79 Å². The number of nitrogens with zero attached hydrogens (tertiary/aromatic N) is 1. The molecular weight excluding hydrogens is 364 g/mol. The van der Waals surface area contributed by atoms with Gasteiger partial charge in [0.05, 0.1) is 12.5 Å². The van der Waals surface area contributed by atoms with Gasteiger partial charge in [0.25, 0.3) is 0 Å². The minimum Gasteiger partial charge on any atom is -0.350 e. The molecule has 24 heavy (non-hydrogen) atoms. The lowest BCUT2D eigenvalue weighted by Gasteiger charge is -2.17. The highest BCUT2D eigenvalue weighted by molar-refractivity contribution is 9.10. The van der Waals surface area contributed by atoms with E-state index in [1.807, 2.05) is 37.5 Å². The summed E-state index contributed by atoms with van der Waals surface area (Å²) in [7, 11) is 2.01. The average Bonchev–Trinajstić information content (AvgIpc) is 2.90. The van der Waals surface area contributed by atoms with E-state index < -0.39 is 0 Å². The number of carbonyl (C=O) groups is 1. The van der Waals surface area contributed by atoms with Crippen LogP contribution in [0.2, 0.25) is 0 Å². The molecule has 124 valence electrons. The van der Waals surface area contributed by atoms with Crippen LogP contribution in [0.15, 0.2) is 59.2 Å². The number of para-hydroxylation sites is 1. The van der Waals surface area contributed by atoms with Crippen molar-refractivity contribution >= 4 is 32.7 Å². The summed E-state index contributed by atoms with van der Waals surface area (Å²) >= 11 is 3.45. The van der Waals surface area contributed by atoms with E-state index in [4.69, 9.17) is 0 Å². The second-order valence-corrected chi connectivity index (χ2v) is 6.95. The van der Waals surface area contributed by atoms with Gasteiger partial charge < -0.3 is 9.88 Å². The summed E-state index contributed by atoms with van der Waals surface area (Å²) in [6.45, 7) is 2.09. The van der Waals surface area contributed by atoms with Crippen LogP contribution in [0.4, 0.5) is 0 Å². The third-order valence-electron chi connectivity index (χ3n) is 4.35. The molecular formula is C20H21BrN2O. The van der Waals surface area contributed by atoms with Gasteiger partial charge in [0, 0.05) is 28.6 Å². The SMILES string of the molecule is CCC(NC(=O)Cc1cn(C)c2ccccc12)c1ccc(Br)cc1. The fraction of sp³-hybridized carbons (Fsp3) is 0.250. The molecule has 0 saturated carbocycles. The van der Waals surface area contributed by atoms with E-state index >= 15 is 0 Å². The minimum atomic E-state index is 0.0422. The number of aromatic nitrogens is 1. The van der Waals surface area contributed by atoms with Gasteiger partial charge in [0.15, 0.2) is 0 Å². The van der Waals surface area contributed by atoms with Crippen LogP contribution in [-0.2, 0) is 18.3 Å². The fourth-order valence-corrected chi connectivity index (χ4v) is 3.37. The highest BCUT2D eigenvalue weighted by Crippen LogP contribution is 2.22. The first kappa shape index (κ1) is 16.8. The molecule has 0 aliphatic heterocycles. The number of hydrogen-bond donors (Lipinski definition) is 1. The zero-order valence-electron chi connectivity index (χ0n) is 13.9. The summed E-state index contributed by atoms with van der Waals surface area (Å²) in [6.07, 6.45) is 3.31. The molecule has 0 bridgehead atoms. The Morgan fingerprint density at radius 1 is 1.17 bits per heavy atom. The monoisotopic (exact) mass is 384 g/mol. The first-order valence-corrected chi connectivity index (χ1v) is 8.95. The number of fused-ring (bicyclic) bond motifs is 1. The van der Waals surface area contributed by atoms with Gasteiger partial charge in [0.1, 0.15) is 0 Å². The lowest BCUT2D eigenvalue weighted by molar-refractivity contribution is -0.121. The van der Waals surface area contributed by atoms with Crippen LogP contribution in [0, 0.1) is 0 Å². The van der Waals surface area contributed by atoms with Gasteiger partial charge in [-0.15, -0.1) is 0 Å². The molecule has 0 fully saturated rings. The predicted molar refractivity (Wildman–Crippen MR) is 102 cm³/mol. The Labute approximate surface area is 150 Å². The topological polar surface area (TPSA) is 34.0 Å². The summed E-state index contributed by atoms with van der Waals surface area (Å²) in [5.41, 5.74) is 3.35. The van der Waals surface area contributed by atoms with Crippen LogP contribution in [0.5, 0.6) is 0 Å². The Morgan fingerprint density at radius 2 is 1.88 bits per heavy atom. The second kappa shape index (κ2) is 7.22. The van der Waals surface area contributed by atoms with Crippen LogP contribution < -0.4 is 5.32 Å². The van der Waals surface area contributed by atoms with Crippen LogP contribution >= 0.6 is 15.9 Å². The van der Waals surface area contributed by atoms with E-state index in [9.17, 15) is 4.79 Å². The highest BCUT2D eigenvalue weighted by Gasteiger charge is 2.15. The van der Waals surface area contributed by atoms with E-state index in [-0.39, 0.29) is 11.9 Å². The van der Waals surface area contributed by atoms with Gasteiger partial charge in [-0.1, -0.05) is 53.2 Å². The molecule has 1 aromatic heterocycles. The van der Waals surface area contributed by atoms with Crippen molar-refractivity contribution in [2.45, 2.75) is 25.8 Å². The van der Waals surface area contributed by atoms with E-state index in [2.05, 4.69) is 57.0 Å². The standard InChI is InChI=1S/C20H21BrN2O/c1-3-18(14-8-10-16(21)11-9-14)22-20(24)12-15-13-23(2)19-7-5-4-6-17(15)19/h4-11,13,18H,3,12H2,1-2H3,(H,22,24). The molecule has 1 amide bonds. The molecule has 3 aromatic rings. The Bertz CT molecular complexity index is 852. The normalized spacial score (nSPS) is 12.3. The quantitative estimate of drug-likeness (QED) is 0.676. The Balaban J connectivity index is 1.75. The maximum Gasteiger partial charge on any atom is 0.224 e. The highest BCUT2D eigenvalue weighted by atomic mass is 79.9. The minimum absolute atomic E-state index is 0.0422. The van der Waals surface area contributed by atoms with Gasteiger partial charge in [0.2, 0.25) is 5.91 Å². The smallest absolute Gasteiger partial charge is 0.224 e. The number of amides is 1. The molecule has 0 spiro atoms. The van der Waals surface area contributed by atoms with Crippen molar-refractivity contribution in [1.82, 2.24) is 9.88 Å². The molecule has 0 aliphatic rings. The second-order valence-electron chi connectivity index (χ2n) is 6.04. The Hall–Kier alpha value is -2.07. The zero-order valence-corrected chi connectivity index (χ0v) is 15.5. The van der Waals surface area contributed by atoms with Crippen LogP contribution in [-0.4, -0.2) is 10.5 Å². The van der Waals surface area contributed by atoms with Crippen LogP contribution in [0.1, 0.15) is 30.5 Å². The number of hydrogen-bond acceptors (Lipinski definition) is 1. The third kappa shape index (κ3) is 3.54. The molecule has 0 saturated heterocycles. The Morgan fingerprint density at radius 3 is 2.58 bits per heavy atom. The molecule has 0 aliphatic carbocycles. The number of carbonyl (C=O) groups excluding carboxylic acids is 1. The maximum absolute atomic E-state index is 12.5. The first-order chi connectivity index (χ1) is 11.6. The number of nitrogens with one attached hydrogen (secondary N) is 1. The van der Waals surface area contributed by atoms with Crippen molar-refractivity contribution in [3.63, 3.8) is 0 Å². The Kier molecular flexibility index (Phi) is 5.05. The molecule has 1 unspecified atom stereocenters. The largest absolute Gasteiger partial charge is 0.350 e. The van der Waals surface area contributed by atoms with Crippen molar-refractivity contribution in [3.05, 3.63) is 70.3 Å². The molecule has 3 rings (SSSR count). The van der Waals surface area contributed by atoms with Gasteiger partial charge in [-0.05, 0) is 35.7 Å². The molecule has 1 N–H and O–H groups in total. The van der Waals surface area contributed by atoms with Crippen molar-refractivity contribution < 1.29 is 4.79 Å². The van der Waals surface area contributed by atoms with Crippen LogP contribution in [0.3, 0.4) is 0 Å². The molecule has 2 aromatic carbocycles. The van der Waals surface area contributed by atoms with Crippen molar-refractivity contribution in [2.24, 2.45) is 7.05 Å². The first-order valence-electron chi connectivity index (χ1n) is 8.16. The van der Waals surface area contributed by atoms with Gasteiger partial charge in [-0.2, -0.15) is 0 Å². The van der Waals surface area contributed by atoms with Crippen molar-refractivity contribution in [2.75, 3.05) is 0 Å². The summed E-state index contributed by atoms with van der Waals surface area (Å²) in [6, 6.07) is 16.3. The number of benzene rings is 2. The van der Waals surface area contributed by atoms with Crippen molar-refractivity contribution in [1.29, 1.82) is 0 Å². The number of rotatable bonds is 5. The number of halogens is 1. The van der Waals surface area contributed by atoms with Crippen LogP contribution in [0.25, 0.3) is 10.9 Å². The summed E-state index contributed by atoms with van der Waals surface area (Å²) < 4.78 is 3.12.